The molecule has 0 saturated heterocycles. The van der Waals surface area contributed by atoms with Crippen molar-refractivity contribution in [1.29, 1.82) is 0 Å². The molecule has 2 aromatic rings. The van der Waals surface area contributed by atoms with Crippen molar-refractivity contribution < 1.29 is 0 Å². The van der Waals surface area contributed by atoms with E-state index in [0.29, 0.717) is 6.04 Å². The topological polar surface area (TPSA) is 47.1 Å². The Bertz CT molecular complexity index is 542. The van der Waals surface area contributed by atoms with Gasteiger partial charge in [0.05, 0.1) is 17.9 Å². The van der Waals surface area contributed by atoms with Gasteiger partial charge in [0.1, 0.15) is 0 Å². The molecule has 5 heteroatoms. The molecule has 2 rings (SSSR count). The maximum absolute atomic E-state index is 6.28. The molecule has 2 aromatic heterocycles. The standard InChI is InChI=1S/C15H24N4S/c1-5-8-19-15(14(16)12(4)17-19)18(11(2)3)10-13-7-6-9-20-13/h6-7,9,11H,5,8,10,16H2,1-4H3. The fourth-order valence-corrected chi connectivity index (χ4v) is 3.03. The summed E-state index contributed by atoms with van der Waals surface area (Å²) in [7, 11) is 0. The van der Waals surface area contributed by atoms with Gasteiger partial charge in [-0.2, -0.15) is 5.10 Å². The number of rotatable bonds is 6. The Kier molecular flexibility index (Phi) is 4.70. The van der Waals surface area contributed by atoms with E-state index in [1.807, 2.05) is 6.92 Å². The summed E-state index contributed by atoms with van der Waals surface area (Å²) in [6, 6.07) is 4.64. The van der Waals surface area contributed by atoms with Crippen LogP contribution >= 0.6 is 11.3 Å². The number of anilines is 2. The van der Waals surface area contributed by atoms with E-state index in [2.05, 4.69) is 53.0 Å². The minimum atomic E-state index is 0.381. The van der Waals surface area contributed by atoms with Crippen molar-refractivity contribution in [3.63, 3.8) is 0 Å². The average Bonchev–Trinajstić information content (AvgIpc) is 2.98. The third kappa shape index (κ3) is 2.98. The van der Waals surface area contributed by atoms with Crippen LogP contribution in [0.2, 0.25) is 0 Å². The maximum atomic E-state index is 6.28. The zero-order valence-corrected chi connectivity index (χ0v) is 13.6. The minimum Gasteiger partial charge on any atom is -0.394 e. The molecule has 2 N–H and O–H groups in total. The highest BCUT2D eigenvalue weighted by Crippen LogP contribution is 2.30. The monoisotopic (exact) mass is 292 g/mol. The van der Waals surface area contributed by atoms with E-state index in [9.17, 15) is 0 Å². The Hall–Kier alpha value is -1.49. The number of aromatic nitrogens is 2. The molecule has 20 heavy (non-hydrogen) atoms. The Morgan fingerprint density at radius 2 is 2.20 bits per heavy atom. The van der Waals surface area contributed by atoms with Gasteiger partial charge in [0, 0.05) is 17.5 Å². The number of thiophene rings is 1. The SMILES string of the molecule is CCCn1nc(C)c(N)c1N(Cc1cccs1)C(C)C. The molecule has 0 fully saturated rings. The predicted octanol–water partition coefficient (Wildman–Crippen LogP) is 3.66. The normalized spacial score (nSPS) is 11.2. The Morgan fingerprint density at radius 3 is 2.75 bits per heavy atom. The van der Waals surface area contributed by atoms with Crippen LogP contribution in [0.15, 0.2) is 17.5 Å². The van der Waals surface area contributed by atoms with E-state index in [4.69, 9.17) is 5.73 Å². The van der Waals surface area contributed by atoms with E-state index in [1.165, 1.54) is 4.88 Å². The van der Waals surface area contributed by atoms with Gasteiger partial charge in [-0.15, -0.1) is 11.3 Å². The molecule has 4 nitrogen and oxygen atoms in total. The van der Waals surface area contributed by atoms with E-state index in [-0.39, 0.29) is 0 Å². The number of nitrogen functional groups attached to an aromatic ring is 1. The van der Waals surface area contributed by atoms with Crippen LogP contribution < -0.4 is 10.6 Å². The molecule has 0 saturated carbocycles. The summed E-state index contributed by atoms with van der Waals surface area (Å²) in [6.07, 6.45) is 1.05. The van der Waals surface area contributed by atoms with Crippen LogP contribution in [-0.4, -0.2) is 15.8 Å². The molecule has 0 radical (unpaired) electrons. The molecular formula is C15H24N4S. The van der Waals surface area contributed by atoms with Crippen molar-refractivity contribution in [3.05, 3.63) is 28.1 Å². The lowest BCUT2D eigenvalue weighted by Gasteiger charge is -2.29. The molecular weight excluding hydrogens is 268 g/mol. The van der Waals surface area contributed by atoms with Gasteiger partial charge < -0.3 is 10.6 Å². The van der Waals surface area contributed by atoms with Crippen LogP contribution in [0.5, 0.6) is 0 Å². The van der Waals surface area contributed by atoms with Crippen LogP contribution in [0, 0.1) is 6.92 Å². The van der Waals surface area contributed by atoms with Gasteiger partial charge in [0.2, 0.25) is 0 Å². The van der Waals surface area contributed by atoms with Gasteiger partial charge in [-0.05, 0) is 38.6 Å². The highest BCUT2D eigenvalue weighted by molar-refractivity contribution is 7.09. The van der Waals surface area contributed by atoms with E-state index in [0.717, 1.165) is 36.7 Å². The summed E-state index contributed by atoms with van der Waals surface area (Å²) in [5, 5.41) is 6.70. The molecule has 0 amide bonds. The van der Waals surface area contributed by atoms with Crippen LogP contribution in [0.25, 0.3) is 0 Å². The molecule has 0 atom stereocenters. The number of nitrogens with two attached hydrogens (primary N) is 1. The predicted molar refractivity (Wildman–Crippen MR) is 87.3 cm³/mol. The zero-order chi connectivity index (χ0) is 14.7. The quantitative estimate of drug-likeness (QED) is 0.884. The fourth-order valence-electron chi connectivity index (χ4n) is 2.33. The van der Waals surface area contributed by atoms with Gasteiger partial charge in [-0.25, -0.2) is 4.68 Å². The van der Waals surface area contributed by atoms with Crippen LogP contribution in [0.3, 0.4) is 0 Å². The Balaban J connectivity index is 2.38. The van der Waals surface area contributed by atoms with Gasteiger partial charge in [-0.3, -0.25) is 0 Å². The lowest BCUT2D eigenvalue weighted by atomic mass is 10.2. The average molecular weight is 292 g/mol. The maximum Gasteiger partial charge on any atom is 0.151 e. The smallest absolute Gasteiger partial charge is 0.151 e. The summed E-state index contributed by atoms with van der Waals surface area (Å²) < 4.78 is 2.05. The third-order valence-corrected chi connectivity index (χ3v) is 4.24. The first-order valence-electron chi connectivity index (χ1n) is 7.16. The molecule has 0 aromatic carbocycles. The van der Waals surface area contributed by atoms with E-state index < -0.39 is 0 Å². The number of aryl methyl sites for hydroxylation is 2. The van der Waals surface area contributed by atoms with Crippen molar-refractivity contribution in [1.82, 2.24) is 9.78 Å². The summed E-state index contributed by atoms with van der Waals surface area (Å²) >= 11 is 1.78. The first-order valence-corrected chi connectivity index (χ1v) is 8.04. The lowest BCUT2D eigenvalue weighted by molar-refractivity contribution is 0.567. The first kappa shape index (κ1) is 14.9. The molecule has 2 heterocycles. The summed E-state index contributed by atoms with van der Waals surface area (Å²) in [5.74, 6) is 1.06. The second-order valence-electron chi connectivity index (χ2n) is 5.35. The Labute approximate surface area is 125 Å². The van der Waals surface area contributed by atoms with Crippen molar-refractivity contribution in [2.75, 3.05) is 10.6 Å². The third-order valence-electron chi connectivity index (χ3n) is 3.38. The minimum absolute atomic E-state index is 0.381. The first-order chi connectivity index (χ1) is 9.54. The van der Waals surface area contributed by atoms with E-state index >= 15 is 0 Å². The van der Waals surface area contributed by atoms with Crippen molar-refractivity contribution in [2.45, 2.75) is 53.2 Å². The summed E-state index contributed by atoms with van der Waals surface area (Å²) in [6.45, 7) is 10.3. The van der Waals surface area contributed by atoms with Gasteiger partial charge in [0.15, 0.2) is 5.82 Å². The van der Waals surface area contributed by atoms with Crippen molar-refractivity contribution in [2.24, 2.45) is 0 Å². The van der Waals surface area contributed by atoms with Crippen molar-refractivity contribution in [3.8, 4) is 0 Å². The lowest BCUT2D eigenvalue weighted by Crippen LogP contribution is -2.32. The molecule has 0 aliphatic heterocycles. The van der Waals surface area contributed by atoms with Gasteiger partial charge in [0.25, 0.3) is 0 Å². The van der Waals surface area contributed by atoms with Crippen LogP contribution in [0.1, 0.15) is 37.8 Å². The Morgan fingerprint density at radius 1 is 1.45 bits per heavy atom. The van der Waals surface area contributed by atoms with Crippen molar-refractivity contribution >= 4 is 22.8 Å². The fraction of sp³-hybridized carbons (Fsp3) is 0.533. The van der Waals surface area contributed by atoms with Crippen LogP contribution in [0.4, 0.5) is 11.5 Å². The van der Waals surface area contributed by atoms with E-state index in [1.54, 1.807) is 11.3 Å². The van der Waals surface area contributed by atoms with Crippen LogP contribution in [-0.2, 0) is 13.1 Å². The molecule has 0 aliphatic rings. The number of hydrogen-bond donors (Lipinski definition) is 1. The number of nitrogens with zero attached hydrogens (tertiary/aromatic N) is 3. The molecule has 0 spiro atoms. The molecule has 0 bridgehead atoms. The highest BCUT2D eigenvalue weighted by Gasteiger charge is 2.21. The highest BCUT2D eigenvalue weighted by atomic mass is 32.1. The second kappa shape index (κ2) is 6.31. The second-order valence-corrected chi connectivity index (χ2v) is 6.38. The summed E-state index contributed by atoms with van der Waals surface area (Å²) in [4.78, 5) is 3.69. The molecule has 0 aliphatic carbocycles. The largest absolute Gasteiger partial charge is 0.394 e. The van der Waals surface area contributed by atoms with Gasteiger partial charge >= 0.3 is 0 Å². The summed E-state index contributed by atoms with van der Waals surface area (Å²) in [5.41, 5.74) is 8.01. The zero-order valence-electron chi connectivity index (χ0n) is 12.8. The molecule has 0 unspecified atom stereocenters. The molecule has 110 valence electrons. The number of hydrogen-bond acceptors (Lipinski definition) is 4. The van der Waals surface area contributed by atoms with Gasteiger partial charge in [-0.1, -0.05) is 13.0 Å².